The van der Waals surface area contributed by atoms with Crippen molar-refractivity contribution in [2.45, 2.75) is 19.4 Å². The molecule has 2 aromatic rings. The van der Waals surface area contributed by atoms with E-state index < -0.39 is 29.9 Å². The standard InChI is InChI=1S/C20H20ClN3O4/c1-12-10-14(21)6-9-16(12)22-17(25)11-24-18(26)20(2,23-19(24)27)13-4-7-15(28-3)8-5-13/h4-10H,11H2,1-3H3,(H,22,25)(H,23,27)/t20-/m0/s1. The molecule has 2 aromatic carbocycles. The second-order valence-corrected chi connectivity index (χ2v) is 7.12. The van der Waals surface area contributed by atoms with E-state index in [1.807, 2.05) is 0 Å². The molecule has 1 fully saturated rings. The van der Waals surface area contributed by atoms with E-state index in [1.54, 1.807) is 63.4 Å². The highest BCUT2D eigenvalue weighted by Gasteiger charge is 2.49. The Kier molecular flexibility index (Phi) is 5.29. The molecule has 1 aliphatic rings. The first-order valence-electron chi connectivity index (χ1n) is 8.59. The summed E-state index contributed by atoms with van der Waals surface area (Å²) in [4.78, 5) is 38.6. The van der Waals surface area contributed by atoms with E-state index in [0.29, 0.717) is 22.0 Å². The lowest BCUT2D eigenvalue weighted by molar-refractivity contribution is -0.133. The average Bonchev–Trinajstić information content (AvgIpc) is 2.88. The molecule has 3 rings (SSSR count). The van der Waals surface area contributed by atoms with Crippen molar-refractivity contribution in [2.75, 3.05) is 19.0 Å². The van der Waals surface area contributed by atoms with Crippen LogP contribution in [-0.2, 0) is 15.1 Å². The van der Waals surface area contributed by atoms with Gasteiger partial charge in [-0.05, 0) is 55.3 Å². The van der Waals surface area contributed by atoms with Crippen molar-refractivity contribution < 1.29 is 19.1 Å². The smallest absolute Gasteiger partial charge is 0.325 e. The summed E-state index contributed by atoms with van der Waals surface area (Å²) in [6.07, 6.45) is 0. The summed E-state index contributed by atoms with van der Waals surface area (Å²) in [5, 5.41) is 5.93. The molecule has 0 spiro atoms. The number of methoxy groups -OCH3 is 1. The van der Waals surface area contributed by atoms with Crippen LogP contribution < -0.4 is 15.4 Å². The average molecular weight is 402 g/mol. The Hall–Kier alpha value is -3.06. The minimum Gasteiger partial charge on any atom is -0.497 e. The highest BCUT2D eigenvalue weighted by molar-refractivity contribution is 6.30. The molecule has 1 saturated heterocycles. The zero-order chi connectivity index (χ0) is 20.5. The van der Waals surface area contributed by atoms with Crippen molar-refractivity contribution in [1.29, 1.82) is 0 Å². The van der Waals surface area contributed by atoms with Gasteiger partial charge in [0.2, 0.25) is 5.91 Å². The molecular weight excluding hydrogens is 382 g/mol. The fraction of sp³-hybridized carbons (Fsp3) is 0.250. The van der Waals surface area contributed by atoms with E-state index in [-0.39, 0.29) is 0 Å². The summed E-state index contributed by atoms with van der Waals surface area (Å²) in [5.41, 5.74) is 0.698. The monoisotopic (exact) mass is 401 g/mol. The number of aryl methyl sites for hydroxylation is 1. The zero-order valence-electron chi connectivity index (χ0n) is 15.7. The topological polar surface area (TPSA) is 87.7 Å². The quantitative estimate of drug-likeness (QED) is 0.754. The fourth-order valence-electron chi connectivity index (χ4n) is 3.06. The second-order valence-electron chi connectivity index (χ2n) is 6.68. The van der Waals surface area contributed by atoms with Crippen LogP contribution in [0.4, 0.5) is 10.5 Å². The lowest BCUT2D eigenvalue weighted by Gasteiger charge is -2.22. The lowest BCUT2D eigenvalue weighted by atomic mass is 9.92. The molecule has 0 radical (unpaired) electrons. The molecule has 1 atom stereocenters. The number of nitrogens with zero attached hydrogens (tertiary/aromatic N) is 1. The third kappa shape index (κ3) is 3.66. The van der Waals surface area contributed by atoms with Gasteiger partial charge >= 0.3 is 6.03 Å². The van der Waals surface area contributed by atoms with Crippen LogP contribution in [0.5, 0.6) is 5.75 Å². The number of hydrogen-bond donors (Lipinski definition) is 2. The Morgan fingerprint density at radius 3 is 2.50 bits per heavy atom. The normalized spacial score (nSPS) is 18.8. The minimum absolute atomic E-state index is 0.390. The number of rotatable bonds is 5. The molecule has 28 heavy (non-hydrogen) atoms. The molecule has 146 valence electrons. The summed E-state index contributed by atoms with van der Waals surface area (Å²) < 4.78 is 5.12. The number of hydrogen-bond acceptors (Lipinski definition) is 4. The van der Waals surface area contributed by atoms with Gasteiger partial charge in [0.15, 0.2) is 0 Å². The van der Waals surface area contributed by atoms with Gasteiger partial charge in [0.1, 0.15) is 17.8 Å². The van der Waals surface area contributed by atoms with E-state index >= 15 is 0 Å². The van der Waals surface area contributed by atoms with Gasteiger partial charge in [-0.1, -0.05) is 23.7 Å². The highest BCUT2D eigenvalue weighted by Crippen LogP contribution is 2.30. The first-order valence-corrected chi connectivity index (χ1v) is 8.97. The second kappa shape index (κ2) is 7.52. The summed E-state index contributed by atoms with van der Waals surface area (Å²) in [6, 6.07) is 11.2. The van der Waals surface area contributed by atoms with Crippen LogP contribution in [0.2, 0.25) is 5.02 Å². The minimum atomic E-state index is -1.25. The van der Waals surface area contributed by atoms with Crippen molar-refractivity contribution in [3.63, 3.8) is 0 Å². The van der Waals surface area contributed by atoms with Crippen LogP contribution in [0.1, 0.15) is 18.1 Å². The van der Waals surface area contributed by atoms with Gasteiger partial charge in [0.05, 0.1) is 7.11 Å². The Morgan fingerprint density at radius 2 is 1.89 bits per heavy atom. The molecule has 0 aliphatic carbocycles. The van der Waals surface area contributed by atoms with E-state index in [4.69, 9.17) is 16.3 Å². The third-order valence-corrected chi connectivity index (χ3v) is 4.94. The largest absolute Gasteiger partial charge is 0.497 e. The van der Waals surface area contributed by atoms with E-state index in [9.17, 15) is 14.4 Å². The van der Waals surface area contributed by atoms with Crippen LogP contribution in [0.25, 0.3) is 0 Å². The number of amides is 4. The van der Waals surface area contributed by atoms with Crippen LogP contribution in [0.15, 0.2) is 42.5 Å². The number of urea groups is 1. The van der Waals surface area contributed by atoms with Crippen LogP contribution in [-0.4, -0.2) is 36.4 Å². The van der Waals surface area contributed by atoms with E-state index in [1.165, 1.54) is 0 Å². The van der Waals surface area contributed by atoms with Gasteiger partial charge < -0.3 is 15.4 Å². The van der Waals surface area contributed by atoms with Crippen LogP contribution in [0, 0.1) is 6.92 Å². The van der Waals surface area contributed by atoms with E-state index in [2.05, 4.69) is 10.6 Å². The molecule has 8 heteroatoms. The number of imide groups is 1. The van der Waals surface area contributed by atoms with Crippen LogP contribution >= 0.6 is 11.6 Å². The molecule has 0 aromatic heterocycles. The first kappa shape index (κ1) is 19.7. The van der Waals surface area contributed by atoms with Gasteiger partial charge in [0, 0.05) is 10.7 Å². The molecule has 2 N–H and O–H groups in total. The molecule has 1 heterocycles. The van der Waals surface area contributed by atoms with Crippen molar-refractivity contribution in [2.24, 2.45) is 0 Å². The SMILES string of the molecule is COc1ccc([C@]2(C)NC(=O)N(CC(=O)Nc3ccc(Cl)cc3C)C2=O)cc1. The number of halogens is 1. The van der Waals surface area contributed by atoms with E-state index in [0.717, 1.165) is 10.5 Å². The molecule has 4 amide bonds. The van der Waals surface area contributed by atoms with Gasteiger partial charge in [-0.2, -0.15) is 0 Å². The summed E-state index contributed by atoms with van der Waals surface area (Å²) >= 11 is 5.91. The number of nitrogens with one attached hydrogen (secondary N) is 2. The third-order valence-electron chi connectivity index (χ3n) is 4.71. The summed E-state index contributed by atoms with van der Waals surface area (Å²) in [6.45, 7) is 3.02. The van der Waals surface area contributed by atoms with Gasteiger partial charge in [-0.15, -0.1) is 0 Å². The van der Waals surface area contributed by atoms with Crippen molar-refractivity contribution in [3.8, 4) is 5.75 Å². The predicted octanol–water partition coefficient (Wildman–Crippen LogP) is 3.06. The molecule has 0 saturated carbocycles. The molecule has 1 aliphatic heterocycles. The first-order chi connectivity index (χ1) is 13.2. The van der Waals surface area contributed by atoms with Gasteiger partial charge in [-0.3, -0.25) is 14.5 Å². The number of carbonyl (C=O) groups is 3. The van der Waals surface area contributed by atoms with Crippen molar-refractivity contribution >= 4 is 35.1 Å². The molecule has 7 nitrogen and oxygen atoms in total. The maximum absolute atomic E-state index is 12.9. The Morgan fingerprint density at radius 1 is 1.21 bits per heavy atom. The summed E-state index contributed by atoms with van der Waals surface area (Å²) in [7, 11) is 1.54. The van der Waals surface area contributed by atoms with Crippen molar-refractivity contribution in [3.05, 3.63) is 58.6 Å². The number of carbonyl (C=O) groups excluding carboxylic acids is 3. The zero-order valence-corrected chi connectivity index (χ0v) is 16.5. The maximum atomic E-state index is 12.9. The summed E-state index contributed by atoms with van der Waals surface area (Å²) in [5.74, 6) is -0.336. The van der Waals surface area contributed by atoms with Crippen molar-refractivity contribution in [1.82, 2.24) is 10.2 Å². The Bertz CT molecular complexity index is 945. The Labute approximate surface area is 167 Å². The molecule has 0 bridgehead atoms. The van der Waals surface area contributed by atoms with Crippen LogP contribution in [0.3, 0.4) is 0 Å². The van der Waals surface area contributed by atoms with Gasteiger partial charge in [-0.25, -0.2) is 4.79 Å². The highest BCUT2D eigenvalue weighted by atomic mass is 35.5. The maximum Gasteiger partial charge on any atom is 0.325 e. The van der Waals surface area contributed by atoms with Gasteiger partial charge in [0.25, 0.3) is 5.91 Å². The number of anilines is 1. The Balaban J connectivity index is 1.74. The molecular formula is C20H20ClN3O4. The number of ether oxygens (including phenoxy) is 1. The fourth-order valence-corrected chi connectivity index (χ4v) is 3.29. The molecule has 0 unspecified atom stereocenters. The predicted molar refractivity (Wildman–Crippen MR) is 105 cm³/mol. The lowest BCUT2D eigenvalue weighted by Crippen LogP contribution is -2.42. The number of benzene rings is 2.